The van der Waals surface area contributed by atoms with Crippen molar-refractivity contribution in [1.82, 2.24) is 19.6 Å². The molecule has 0 bridgehead atoms. The third-order valence-electron chi connectivity index (χ3n) is 3.52. The number of carbonyl (C=O) groups is 2. The van der Waals surface area contributed by atoms with Crippen LogP contribution in [0.4, 0.5) is 18.9 Å². The molecule has 0 aliphatic carbocycles. The molecule has 1 amide bonds. The third-order valence-corrected chi connectivity index (χ3v) is 3.52. The fourth-order valence-electron chi connectivity index (χ4n) is 2.19. The first kappa shape index (κ1) is 18.5. The number of methoxy groups -OCH3 is 1. The van der Waals surface area contributed by atoms with Crippen LogP contribution in [0.25, 0.3) is 0 Å². The standard InChI is InChI=1S/C14H16F3N5O3/c1-7-10(11(13(24)25-4)21(3)19-7)18-12(23)8(2)22-6-5-9(20-22)14(15,16)17/h5-6,8H,1-4H3,(H,18,23). The molecule has 1 unspecified atom stereocenters. The maximum absolute atomic E-state index is 12.6. The van der Waals surface area contributed by atoms with Gasteiger partial charge in [0.15, 0.2) is 11.4 Å². The summed E-state index contributed by atoms with van der Waals surface area (Å²) in [6.07, 6.45) is -3.54. The van der Waals surface area contributed by atoms with E-state index < -0.39 is 29.8 Å². The van der Waals surface area contributed by atoms with Gasteiger partial charge < -0.3 is 10.1 Å². The van der Waals surface area contributed by atoms with E-state index in [1.807, 2.05) is 0 Å². The lowest BCUT2D eigenvalue weighted by Crippen LogP contribution is -2.26. The minimum Gasteiger partial charge on any atom is -0.464 e. The molecule has 0 fully saturated rings. The van der Waals surface area contributed by atoms with E-state index in [4.69, 9.17) is 0 Å². The molecule has 2 heterocycles. The molecule has 0 saturated carbocycles. The number of esters is 1. The molecule has 25 heavy (non-hydrogen) atoms. The quantitative estimate of drug-likeness (QED) is 0.843. The van der Waals surface area contributed by atoms with Gasteiger partial charge in [-0.2, -0.15) is 23.4 Å². The fraction of sp³-hybridized carbons (Fsp3) is 0.429. The minimum atomic E-state index is -4.60. The van der Waals surface area contributed by atoms with E-state index in [0.29, 0.717) is 5.69 Å². The number of hydrogen-bond acceptors (Lipinski definition) is 5. The maximum Gasteiger partial charge on any atom is 0.435 e. The number of amides is 1. The van der Waals surface area contributed by atoms with Crippen molar-refractivity contribution in [3.05, 3.63) is 29.3 Å². The predicted molar refractivity (Wildman–Crippen MR) is 79.9 cm³/mol. The van der Waals surface area contributed by atoms with E-state index in [1.54, 1.807) is 6.92 Å². The van der Waals surface area contributed by atoms with Gasteiger partial charge in [0.1, 0.15) is 6.04 Å². The van der Waals surface area contributed by atoms with Crippen LogP contribution in [0.2, 0.25) is 0 Å². The summed E-state index contributed by atoms with van der Waals surface area (Å²) in [7, 11) is 2.68. The molecule has 136 valence electrons. The highest BCUT2D eigenvalue weighted by atomic mass is 19.4. The molecule has 2 rings (SSSR count). The first-order valence-electron chi connectivity index (χ1n) is 7.11. The van der Waals surface area contributed by atoms with E-state index in [2.05, 4.69) is 20.3 Å². The van der Waals surface area contributed by atoms with Gasteiger partial charge in [-0.1, -0.05) is 0 Å². The third kappa shape index (κ3) is 3.64. The second-order valence-corrected chi connectivity index (χ2v) is 5.27. The predicted octanol–water partition coefficient (Wildman–Crippen LogP) is 1.93. The average molecular weight is 359 g/mol. The van der Waals surface area contributed by atoms with Crippen LogP contribution in [0.1, 0.15) is 34.8 Å². The summed E-state index contributed by atoms with van der Waals surface area (Å²) < 4.78 is 44.6. The average Bonchev–Trinajstić information content (AvgIpc) is 3.11. The number of ether oxygens (including phenoxy) is 1. The van der Waals surface area contributed by atoms with E-state index in [-0.39, 0.29) is 11.4 Å². The Hall–Kier alpha value is -2.85. The van der Waals surface area contributed by atoms with Crippen LogP contribution < -0.4 is 5.32 Å². The molecule has 0 saturated heterocycles. The minimum absolute atomic E-state index is 0.0250. The molecule has 8 nitrogen and oxygen atoms in total. The van der Waals surface area contributed by atoms with Gasteiger partial charge in [0.2, 0.25) is 5.91 Å². The lowest BCUT2D eigenvalue weighted by molar-refractivity contribution is -0.141. The summed E-state index contributed by atoms with van der Waals surface area (Å²) in [5.74, 6) is -1.36. The number of aromatic nitrogens is 4. The van der Waals surface area contributed by atoms with Crippen LogP contribution in [-0.4, -0.2) is 38.5 Å². The summed E-state index contributed by atoms with van der Waals surface area (Å²) in [6.45, 7) is 2.95. The Balaban J connectivity index is 2.25. The summed E-state index contributed by atoms with van der Waals surface area (Å²) in [5.41, 5.74) is -0.578. The molecule has 0 aliphatic rings. The Morgan fingerprint density at radius 1 is 1.32 bits per heavy atom. The van der Waals surface area contributed by atoms with Gasteiger partial charge in [-0.3, -0.25) is 14.2 Å². The zero-order chi connectivity index (χ0) is 18.9. The van der Waals surface area contributed by atoms with Crippen molar-refractivity contribution in [2.75, 3.05) is 12.4 Å². The Morgan fingerprint density at radius 2 is 1.96 bits per heavy atom. The second-order valence-electron chi connectivity index (χ2n) is 5.27. The van der Waals surface area contributed by atoms with Gasteiger partial charge in [0.05, 0.1) is 18.5 Å². The van der Waals surface area contributed by atoms with Crippen LogP contribution in [-0.2, 0) is 22.8 Å². The number of carbonyl (C=O) groups excluding carboxylic acids is 2. The van der Waals surface area contributed by atoms with Gasteiger partial charge in [-0.05, 0) is 19.9 Å². The van der Waals surface area contributed by atoms with E-state index in [9.17, 15) is 22.8 Å². The zero-order valence-corrected chi connectivity index (χ0v) is 13.9. The van der Waals surface area contributed by atoms with E-state index >= 15 is 0 Å². The van der Waals surface area contributed by atoms with Gasteiger partial charge in [0, 0.05) is 13.2 Å². The molecular weight excluding hydrogens is 343 g/mol. The highest BCUT2D eigenvalue weighted by Gasteiger charge is 2.34. The monoisotopic (exact) mass is 359 g/mol. The number of rotatable bonds is 4. The lowest BCUT2D eigenvalue weighted by atomic mass is 10.2. The molecular formula is C14H16F3N5O3. The number of aryl methyl sites for hydroxylation is 2. The SMILES string of the molecule is COC(=O)c1c(NC(=O)C(C)n2ccc(C(F)(F)F)n2)c(C)nn1C. The number of alkyl halides is 3. The highest BCUT2D eigenvalue weighted by molar-refractivity contribution is 6.01. The summed E-state index contributed by atoms with van der Waals surface area (Å²) in [5, 5.41) is 9.89. The first-order valence-corrected chi connectivity index (χ1v) is 7.11. The number of anilines is 1. The molecule has 1 atom stereocenters. The second kappa shape index (κ2) is 6.57. The molecule has 1 N–H and O–H groups in total. The van der Waals surface area contributed by atoms with Crippen molar-refractivity contribution in [2.45, 2.75) is 26.1 Å². The van der Waals surface area contributed by atoms with Crippen molar-refractivity contribution < 1.29 is 27.5 Å². The van der Waals surface area contributed by atoms with Crippen LogP contribution >= 0.6 is 0 Å². The Labute approximate surface area is 140 Å². The number of nitrogens with zero attached hydrogens (tertiary/aromatic N) is 4. The van der Waals surface area contributed by atoms with Crippen LogP contribution in [0.3, 0.4) is 0 Å². The maximum atomic E-state index is 12.6. The normalized spacial score (nSPS) is 12.8. The van der Waals surface area contributed by atoms with Crippen molar-refractivity contribution >= 4 is 17.6 Å². The van der Waals surface area contributed by atoms with E-state index in [1.165, 1.54) is 25.8 Å². The van der Waals surface area contributed by atoms with E-state index in [0.717, 1.165) is 16.9 Å². The molecule has 0 aromatic carbocycles. The molecule has 0 spiro atoms. The largest absolute Gasteiger partial charge is 0.464 e. The van der Waals surface area contributed by atoms with Crippen LogP contribution in [0, 0.1) is 6.92 Å². The Kier molecular flexibility index (Phi) is 4.86. The van der Waals surface area contributed by atoms with Crippen molar-refractivity contribution in [3.8, 4) is 0 Å². The van der Waals surface area contributed by atoms with Crippen molar-refractivity contribution in [1.29, 1.82) is 0 Å². The van der Waals surface area contributed by atoms with Gasteiger partial charge in [-0.15, -0.1) is 0 Å². The number of hydrogen-bond donors (Lipinski definition) is 1. The number of nitrogens with one attached hydrogen (secondary N) is 1. The topological polar surface area (TPSA) is 91.0 Å². The van der Waals surface area contributed by atoms with Crippen molar-refractivity contribution in [2.24, 2.45) is 7.05 Å². The molecule has 2 aromatic rings. The summed E-state index contributed by atoms with van der Waals surface area (Å²) in [6, 6.07) is -0.264. The van der Waals surface area contributed by atoms with Gasteiger partial charge >= 0.3 is 12.1 Å². The fourth-order valence-corrected chi connectivity index (χ4v) is 2.19. The number of halogens is 3. The molecule has 2 aromatic heterocycles. The highest BCUT2D eigenvalue weighted by Crippen LogP contribution is 2.28. The molecule has 0 radical (unpaired) electrons. The summed E-state index contributed by atoms with van der Waals surface area (Å²) in [4.78, 5) is 24.2. The van der Waals surface area contributed by atoms with Gasteiger partial charge in [-0.25, -0.2) is 4.79 Å². The van der Waals surface area contributed by atoms with Gasteiger partial charge in [0.25, 0.3) is 0 Å². The Bertz CT molecular complexity index is 809. The van der Waals surface area contributed by atoms with Crippen LogP contribution in [0.5, 0.6) is 0 Å². The smallest absolute Gasteiger partial charge is 0.435 e. The van der Waals surface area contributed by atoms with Crippen LogP contribution in [0.15, 0.2) is 12.3 Å². The molecule has 0 aliphatic heterocycles. The zero-order valence-electron chi connectivity index (χ0n) is 13.9. The first-order chi connectivity index (χ1) is 11.6. The summed E-state index contributed by atoms with van der Waals surface area (Å²) >= 11 is 0. The Morgan fingerprint density at radius 3 is 2.48 bits per heavy atom. The lowest BCUT2D eigenvalue weighted by Gasteiger charge is -2.13. The molecule has 11 heteroatoms. The van der Waals surface area contributed by atoms with Crippen molar-refractivity contribution in [3.63, 3.8) is 0 Å².